The summed E-state index contributed by atoms with van der Waals surface area (Å²) in [6.07, 6.45) is 6.52. The predicted octanol–water partition coefficient (Wildman–Crippen LogP) is 1.01. The second-order valence-corrected chi connectivity index (χ2v) is 3.93. The molecule has 1 aromatic heterocycles. The molecular formula is C10H17N3. The van der Waals surface area contributed by atoms with Gasteiger partial charge in [0.15, 0.2) is 0 Å². The first kappa shape index (κ1) is 8.78. The van der Waals surface area contributed by atoms with Crippen LogP contribution in [0.25, 0.3) is 0 Å². The number of H-pyrrole nitrogens is 1. The Labute approximate surface area is 78.7 Å². The van der Waals surface area contributed by atoms with Gasteiger partial charge in [-0.1, -0.05) is 0 Å². The second kappa shape index (κ2) is 3.16. The Morgan fingerprint density at radius 2 is 2.46 bits per heavy atom. The molecule has 3 heteroatoms. The predicted molar refractivity (Wildman–Crippen MR) is 53.3 cm³/mol. The van der Waals surface area contributed by atoms with Crippen molar-refractivity contribution in [2.45, 2.75) is 18.9 Å². The topological polar surface area (TPSA) is 53.8 Å². The van der Waals surface area contributed by atoms with Crippen molar-refractivity contribution in [3.63, 3.8) is 0 Å². The summed E-state index contributed by atoms with van der Waals surface area (Å²) in [6, 6.07) is 2.54. The lowest BCUT2D eigenvalue weighted by atomic mass is 9.92. The third kappa shape index (κ3) is 1.38. The Kier molecular flexibility index (Phi) is 2.14. The molecule has 1 heterocycles. The van der Waals surface area contributed by atoms with Crippen molar-refractivity contribution >= 4 is 0 Å². The molecule has 1 aliphatic rings. The number of nitrogens with two attached hydrogens (primary N) is 1. The molecule has 1 saturated carbocycles. The van der Waals surface area contributed by atoms with Gasteiger partial charge in [-0.25, -0.2) is 0 Å². The maximum atomic E-state index is 5.80. The van der Waals surface area contributed by atoms with Crippen LogP contribution >= 0.6 is 0 Å². The fourth-order valence-electron chi connectivity index (χ4n) is 2.11. The zero-order chi connectivity index (χ0) is 9.31. The summed E-state index contributed by atoms with van der Waals surface area (Å²) in [7, 11) is 2.01. The van der Waals surface area contributed by atoms with E-state index in [4.69, 9.17) is 5.73 Å². The lowest BCUT2D eigenvalue weighted by molar-refractivity contribution is 0.367. The molecule has 0 amide bonds. The quantitative estimate of drug-likeness (QED) is 0.646. The molecule has 3 nitrogen and oxygen atoms in total. The molecule has 0 aliphatic heterocycles. The molecule has 2 rings (SSSR count). The van der Waals surface area contributed by atoms with Gasteiger partial charge in [-0.2, -0.15) is 0 Å². The summed E-state index contributed by atoms with van der Waals surface area (Å²) in [5.74, 6) is 0. The van der Waals surface area contributed by atoms with Crippen molar-refractivity contribution in [1.82, 2.24) is 10.3 Å². The summed E-state index contributed by atoms with van der Waals surface area (Å²) >= 11 is 0. The molecule has 1 aliphatic carbocycles. The summed E-state index contributed by atoms with van der Waals surface area (Å²) in [5, 5.41) is 3.36. The van der Waals surface area contributed by atoms with Crippen molar-refractivity contribution in [3.05, 3.63) is 24.0 Å². The molecule has 1 fully saturated rings. The molecule has 0 saturated heterocycles. The Balaban J connectivity index is 2.19. The summed E-state index contributed by atoms with van der Waals surface area (Å²) in [6.45, 7) is 0.781. The maximum Gasteiger partial charge on any atom is 0.0401 e. The molecule has 13 heavy (non-hydrogen) atoms. The summed E-state index contributed by atoms with van der Waals surface area (Å²) in [4.78, 5) is 3.09. The van der Waals surface area contributed by atoms with Crippen LogP contribution in [0, 0.1) is 5.41 Å². The van der Waals surface area contributed by atoms with Crippen LogP contribution in [-0.4, -0.2) is 18.6 Å². The van der Waals surface area contributed by atoms with E-state index in [1.165, 1.54) is 18.4 Å². The Bertz CT molecular complexity index is 262. The fourth-order valence-corrected chi connectivity index (χ4v) is 2.11. The third-order valence-electron chi connectivity index (χ3n) is 3.16. The van der Waals surface area contributed by atoms with Crippen LogP contribution in [0.4, 0.5) is 0 Å². The monoisotopic (exact) mass is 179 g/mol. The lowest BCUT2D eigenvalue weighted by Gasteiger charge is -2.24. The van der Waals surface area contributed by atoms with E-state index < -0.39 is 0 Å². The molecule has 0 bridgehead atoms. The first-order valence-corrected chi connectivity index (χ1v) is 4.82. The van der Waals surface area contributed by atoms with E-state index in [1.54, 1.807) is 0 Å². The average molecular weight is 179 g/mol. The van der Waals surface area contributed by atoms with Crippen LogP contribution in [0.3, 0.4) is 0 Å². The van der Waals surface area contributed by atoms with Crippen LogP contribution in [-0.2, 0) is 0 Å². The van der Waals surface area contributed by atoms with Crippen molar-refractivity contribution in [2.24, 2.45) is 11.1 Å². The Morgan fingerprint density at radius 3 is 2.85 bits per heavy atom. The first-order chi connectivity index (χ1) is 6.32. The van der Waals surface area contributed by atoms with Crippen molar-refractivity contribution < 1.29 is 0 Å². The van der Waals surface area contributed by atoms with E-state index in [0.29, 0.717) is 11.5 Å². The average Bonchev–Trinajstić information content (AvgIpc) is 2.75. The Hall–Kier alpha value is -0.800. The standard InChI is InChI=1S/C10H17N3/c1-12-9(8-2-5-13-6-8)10(7-11)3-4-10/h2,5-6,9,12-13H,3-4,7,11H2,1H3. The van der Waals surface area contributed by atoms with E-state index in [2.05, 4.69) is 22.6 Å². The van der Waals surface area contributed by atoms with Crippen LogP contribution in [0.1, 0.15) is 24.4 Å². The van der Waals surface area contributed by atoms with Gasteiger partial charge in [-0.05, 0) is 38.1 Å². The summed E-state index contributed by atoms with van der Waals surface area (Å²) in [5.41, 5.74) is 7.46. The molecule has 72 valence electrons. The molecule has 1 unspecified atom stereocenters. The van der Waals surface area contributed by atoms with E-state index in [-0.39, 0.29) is 0 Å². The van der Waals surface area contributed by atoms with Crippen LogP contribution in [0.5, 0.6) is 0 Å². The van der Waals surface area contributed by atoms with Gasteiger partial charge < -0.3 is 16.0 Å². The SMILES string of the molecule is CNC(c1cc[nH]c1)C1(CN)CC1. The van der Waals surface area contributed by atoms with Crippen LogP contribution in [0.15, 0.2) is 18.5 Å². The normalized spacial score (nSPS) is 21.4. The number of nitrogens with one attached hydrogen (secondary N) is 2. The molecule has 0 radical (unpaired) electrons. The van der Waals surface area contributed by atoms with Crippen molar-refractivity contribution in [1.29, 1.82) is 0 Å². The minimum Gasteiger partial charge on any atom is -0.367 e. The van der Waals surface area contributed by atoms with Gasteiger partial charge in [0.2, 0.25) is 0 Å². The van der Waals surface area contributed by atoms with Gasteiger partial charge in [0, 0.05) is 23.9 Å². The second-order valence-electron chi connectivity index (χ2n) is 3.93. The van der Waals surface area contributed by atoms with Gasteiger partial charge in [0.25, 0.3) is 0 Å². The van der Waals surface area contributed by atoms with Crippen LogP contribution in [0.2, 0.25) is 0 Å². The molecule has 1 atom stereocenters. The number of rotatable bonds is 4. The highest BCUT2D eigenvalue weighted by molar-refractivity contribution is 5.21. The van der Waals surface area contributed by atoms with E-state index in [1.807, 2.05) is 13.2 Å². The fraction of sp³-hybridized carbons (Fsp3) is 0.600. The number of aromatic nitrogens is 1. The van der Waals surface area contributed by atoms with Crippen LogP contribution < -0.4 is 11.1 Å². The highest BCUT2D eigenvalue weighted by Gasteiger charge is 2.48. The first-order valence-electron chi connectivity index (χ1n) is 4.82. The smallest absolute Gasteiger partial charge is 0.0401 e. The maximum absolute atomic E-state index is 5.80. The summed E-state index contributed by atoms with van der Waals surface area (Å²) < 4.78 is 0. The molecule has 0 spiro atoms. The zero-order valence-corrected chi connectivity index (χ0v) is 8.01. The van der Waals surface area contributed by atoms with Crippen molar-refractivity contribution in [2.75, 3.05) is 13.6 Å². The van der Waals surface area contributed by atoms with Gasteiger partial charge in [0.05, 0.1) is 0 Å². The highest BCUT2D eigenvalue weighted by atomic mass is 14.9. The van der Waals surface area contributed by atoms with E-state index >= 15 is 0 Å². The molecule has 1 aromatic rings. The zero-order valence-electron chi connectivity index (χ0n) is 8.01. The van der Waals surface area contributed by atoms with Gasteiger partial charge >= 0.3 is 0 Å². The van der Waals surface area contributed by atoms with Gasteiger partial charge in [-0.3, -0.25) is 0 Å². The largest absolute Gasteiger partial charge is 0.367 e. The number of hydrogen-bond acceptors (Lipinski definition) is 2. The third-order valence-corrected chi connectivity index (χ3v) is 3.16. The molecular weight excluding hydrogens is 162 g/mol. The molecule has 0 aromatic carbocycles. The highest BCUT2D eigenvalue weighted by Crippen LogP contribution is 2.53. The molecule has 4 N–H and O–H groups in total. The van der Waals surface area contributed by atoms with E-state index in [0.717, 1.165) is 6.54 Å². The number of aromatic amines is 1. The minimum atomic E-state index is 0.330. The number of hydrogen-bond donors (Lipinski definition) is 3. The van der Waals surface area contributed by atoms with E-state index in [9.17, 15) is 0 Å². The van der Waals surface area contributed by atoms with Crippen molar-refractivity contribution in [3.8, 4) is 0 Å². The van der Waals surface area contributed by atoms with Gasteiger partial charge in [-0.15, -0.1) is 0 Å². The lowest BCUT2D eigenvalue weighted by Crippen LogP contribution is -2.31. The Morgan fingerprint density at radius 1 is 1.69 bits per heavy atom. The van der Waals surface area contributed by atoms with Gasteiger partial charge in [0.1, 0.15) is 0 Å². The minimum absolute atomic E-state index is 0.330.